The molecule has 4 aromatic rings. The maximum Gasteiger partial charge on any atom is 0.422 e. The predicted molar refractivity (Wildman–Crippen MR) is 108 cm³/mol. The summed E-state index contributed by atoms with van der Waals surface area (Å²) in [5.74, 6) is -2.66. The lowest BCUT2D eigenvalue weighted by atomic mass is 9.99. The van der Waals surface area contributed by atoms with E-state index in [-0.39, 0.29) is 17.0 Å². The zero-order chi connectivity index (χ0) is 23.8. The number of alkyl halides is 3. The van der Waals surface area contributed by atoms with Crippen molar-refractivity contribution in [3.8, 4) is 34.3 Å². The predicted octanol–water partition coefficient (Wildman–Crippen LogP) is 4.76. The highest BCUT2D eigenvalue weighted by molar-refractivity contribution is 5.75. The lowest BCUT2D eigenvalue weighted by Gasteiger charge is -2.10. The molecule has 0 bridgehead atoms. The van der Waals surface area contributed by atoms with Gasteiger partial charge < -0.3 is 19.3 Å². The molecule has 2 N–H and O–H groups in total. The van der Waals surface area contributed by atoms with Crippen molar-refractivity contribution in [2.45, 2.75) is 25.6 Å². The van der Waals surface area contributed by atoms with Crippen LogP contribution in [0, 0.1) is 0 Å². The molecule has 0 spiro atoms. The molecule has 2 aromatic heterocycles. The lowest BCUT2D eigenvalue weighted by Crippen LogP contribution is -2.10. The zero-order valence-electron chi connectivity index (χ0n) is 17.0. The molecule has 170 valence electrons. The molecule has 0 saturated heterocycles. The standard InChI is InChI=1S/C22H16F3N3O5/c1-2-11-10-13(17(29)21(30)31)8-9-14(11)19-26-20(33-28-19)18-15(22(23,24)25)16(27-32-18)12-6-4-3-5-7-12/h3-10,17,29H,2H2,1H3,(H,30,31)/t17-/m1/s1. The van der Waals surface area contributed by atoms with Gasteiger partial charge in [0.1, 0.15) is 11.3 Å². The van der Waals surface area contributed by atoms with Gasteiger partial charge in [-0.3, -0.25) is 0 Å². The van der Waals surface area contributed by atoms with Gasteiger partial charge in [0.05, 0.1) is 0 Å². The average Bonchev–Trinajstić information content (AvgIpc) is 3.46. The van der Waals surface area contributed by atoms with E-state index in [2.05, 4.69) is 15.3 Å². The van der Waals surface area contributed by atoms with E-state index in [0.717, 1.165) is 0 Å². The summed E-state index contributed by atoms with van der Waals surface area (Å²) in [5, 5.41) is 26.1. The van der Waals surface area contributed by atoms with Crippen LogP contribution < -0.4 is 0 Å². The number of carbonyl (C=O) groups is 1. The number of hydrogen-bond donors (Lipinski definition) is 2. The van der Waals surface area contributed by atoms with Crippen molar-refractivity contribution in [1.29, 1.82) is 0 Å². The van der Waals surface area contributed by atoms with Crippen LogP contribution in [0.3, 0.4) is 0 Å². The molecular weight excluding hydrogens is 443 g/mol. The molecule has 4 rings (SSSR count). The normalized spacial score (nSPS) is 12.6. The van der Waals surface area contributed by atoms with Crippen LogP contribution in [0.2, 0.25) is 0 Å². The van der Waals surface area contributed by atoms with Crippen molar-refractivity contribution in [1.82, 2.24) is 15.3 Å². The van der Waals surface area contributed by atoms with Gasteiger partial charge in [0.25, 0.3) is 5.89 Å². The summed E-state index contributed by atoms with van der Waals surface area (Å²) in [6.45, 7) is 1.78. The summed E-state index contributed by atoms with van der Waals surface area (Å²) < 4.78 is 51.7. The molecule has 0 aliphatic heterocycles. The minimum Gasteiger partial charge on any atom is -0.479 e. The van der Waals surface area contributed by atoms with Crippen LogP contribution in [-0.4, -0.2) is 31.5 Å². The number of aliphatic hydroxyl groups excluding tert-OH is 1. The van der Waals surface area contributed by atoms with Gasteiger partial charge in [0, 0.05) is 11.1 Å². The molecule has 2 heterocycles. The fourth-order valence-electron chi connectivity index (χ4n) is 3.35. The van der Waals surface area contributed by atoms with Crippen LogP contribution in [0.15, 0.2) is 57.6 Å². The Morgan fingerprint density at radius 3 is 2.45 bits per heavy atom. The van der Waals surface area contributed by atoms with E-state index >= 15 is 0 Å². The Morgan fingerprint density at radius 2 is 1.82 bits per heavy atom. The van der Waals surface area contributed by atoms with Crippen LogP contribution in [0.5, 0.6) is 0 Å². The number of carboxylic acids is 1. The third-order valence-corrected chi connectivity index (χ3v) is 4.94. The molecule has 0 aliphatic carbocycles. The quantitative estimate of drug-likeness (QED) is 0.423. The lowest BCUT2D eigenvalue weighted by molar-refractivity contribution is -0.147. The third kappa shape index (κ3) is 4.22. The minimum absolute atomic E-state index is 0.0241. The summed E-state index contributed by atoms with van der Waals surface area (Å²) in [6, 6.07) is 12.1. The Labute approximate surface area is 184 Å². The largest absolute Gasteiger partial charge is 0.479 e. The van der Waals surface area contributed by atoms with Crippen LogP contribution in [0.4, 0.5) is 13.2 Å². The number of aliphatic carboxylic acids is 1. The van der Waals surface area contributed by atoms with E-state index < -0.39 is 41.2 Å². The Kier molecular flexibility index (Phi) is 5.73. The molecule has 8 nitrogen and oxygen atoms in total. The van der Waals surface area contributed by atoms with Crippen LogP contribution in [-0.2, 0) is 17.4 Å². The summed E-state index contributed by atoms with van der Waals surface area (Å²) in [7, 11) is 0. The van der Waals surface area contributed by atoms with Gasteiger partial charge in [-0.05, 0) is 17.5 Å². The zero-order valence-corrected chi connectivity index (χ0v) is 17.0. The van der Waals surface area contributed by atoms with Crippen molar-refractivity contribution in [2.24, 2.45) is 0 Å². The Hall–Kier alpha value is -3.99. The second kappa shape index (κ2) is 8.51. The van der Waals surface area contributed by atoms with Gasteiger partial charge in [-0.1, -0.05) is 65.8 Å². The monoisotopic (exact) mass is 459 g/mol. The molecule has 33 heavy (non-hydrogen) atoms. The van der Waals surface area contributed by atoms with Crippen LogP contribution in [0.1, 0.15) is 29.7 Å². The van der Waals surface area contributed by atoms with Gasteiger partial charge >= 0.3 is 12.1 Å². The first-order valence-electron chi connectivity index (χ1n) is 9.71. The Morgan fingerprint density at radius 1 is 1.09 bits per heavy atom. The third-order valence-electron chi connectivity index (χ3n) is 4.94. The molecule has 0 saturated carbocycles. The number of hydrogen-bond acceptors (Lipinski definition) is 7. The first kappa shape index (κ1) is 22.2. The van der Waals surface area contributed by atoms with Gasteiger partial charge in [-0.2, -0.15) is 18.2 Å². The molecule has 0 fully saturated rings. The highest BCUT2D eigenvalue weighted by atomic mass is 19.4. The SMILES string of the molecule is CCc1cc([C@@H](O)C(=O)O)ccc1-c1noc(-c2onc(-c3ccccc3)c2C(F)(F)F)n1. The molecule has 0 unspecified atom stereocenters. The van der Waals surface area contributed by atoms with Gasteiger partial charge in [-0.25, -0.2) is 4.79 Å². The summed E-state index contributed by atoms with van der Waals surface area (Å²) in [5.41, 5.74) is -0.211. The number of aromatic nitrogens is 3. The van der Waals surface area contributed by atoms with E-state index in [4.69, 9.17) is 14.2 Å². The van der Waals surface area contributed by atoms with E-state index in [9.17, 15) is 23.1 Å². The topological polar surface area (TPSA) is 122 Å². The molecular formula is C22H16F3N3O5. The maximum absolute atomic E-state index is 13.9. The first-order chi connectivity index (χ1) is 15.7. The number of carboxylic acid groups (broad SMARTS) is 1. The molecule has 2 aromatic carbocycles. The minimum atomic E-state index is -4.81. The van der Waals surface area contributed by atoms with Gasteiger partial charge in [-0.15, -0.1) is 0 Å². The van der Waals surface area contributed by atoms with Crippen molar-refractivity contribution < 1.29 is 37.2 Å². The number of aryl methyl sites for hydroxylation is 1. The number of nitrogens with zero attached hydrogens (tertiary/aromatic N) is 3. The number of benzene rings is 2. The fourth-order valence-corrected chi connectivity index (χ4v) is 3.35. The van der Waals surface area contributed by atoms with Gasteiger partial charge in [0.2, 0.25) is 11.6 Å². The smallest absolute Gasteiger partial charge is 0.422 e. The maximum atomic E-state index is 13.9. The highest BCUT2D eigenvalue weighted by Crippen LogP contribution is 2.43. The molecule has 11 heteroatoms. The summed E-state index contributed by atoms with van der Waals surface area (Å²) >= 11 is 0. The van der Waals surface area contributed by atoms with Crippen molar-refractivity contribution in [2.75, 3.05) is 0 Å². The van der Waals surface area contributed by atoms with E-state index in [1.165, 1.54) is 30.3 Å². The number of halogens is 3. The van der Waals surface area contributed by atoms with Gasteiger partial charge in [0.15, 0.2) is 6.10 Å². The first-order valence-corrected chi connectivity index (χ1v) is 9.71. The molecule has 0 radical (unpaired) electrons. The van der Waals surface area contributed by atoms with Crippen molar-refractivity contribution in [3.63, 3.8) is 0 Å². The fraction of sp³-hybridized carbons (Fsp3) is 0.182. The second-order valence-electron chi connectivity index (χ2n) is 7.03. The second-order valence-corrected chi connectivity index (χ2v) is 7.03. The summed E-state index contributed by atoms with van der Waals surface area (Å²) in [6.07, 6.45) is -6.11. The van der Waals surface area contributed by atoms with E-state index in [1.54, 1.807) is 25.1 Å². The Balaban J connectivity index is 1.77. The van der Waals surface area contributed by atoms with Crippen molar-refractivity contribution >= 4 is 5.97 Å². The Bertz CT molecular complexity index is 1300. The number of rotatable bonds is 6. The van der Waals surface area contributed by atoms with E-state index in [1.807, 2.05) is 0 Å². The van der Waals surface area contributed by atoms with Crippen LogP contribution in [0.25, 0.3) is 34.3 Å². The average molecular weight is 459 g/mol. The highest BCUT2D eigenvalue weighted by Gasteiger charge is 2.43. The molecule has 1 atom stereocenters. The number of aliphatic hydroxyl groups is 1. The van der Waals surface area contributed by atoms with Crippen LogP contribution >= 0.6 is 0 Å². The summed E-state index contributed by atoms with van der Waals surface area (Å²) in [4.78, 5) is 15.1. The molecule has 0 aliphatic rings. The molecule has 0 amide bonds. The van der Waals surface area contributed by atoms with E-state index in [0.29, 0.717) is 17.5 Å². The van der Waals surface area contributed by atoms with Crippen molar-refractivity contribution in [3.05, 3.63) is 65.2 Å².